The predicted octanol–water partition coefficient (Wildman–Crippen LogP) is 2.55. The molecule has 4 aromatic rings. The quantitative estimate of drug-likeness (QED) is 0.605. The number of anilines is 1. The molecule has 0 aliphatic heterocycles. The van der Waals surface area contributed by atoms with Crippen LogP contribution in [0.3, 0.4) is 0 Å². The number of carbonyl (C=O) groups is 1. The number of fused-ring (bicyclic) bond motifs is 1. The molecule has 0 bridgehead atoms. The Morgan fingerprint density at radius 2 is 2.12 bits per heavy atom. The number of nitrogens with one attached hydrogen (secondary N) is 1. The van der Waals surface area contributed by atoms with E-state index in [1.807, 2.05) is 43.3 Å². The number of carbonyl (C=O) groups excluding carboxylic acids is 1. The molecule has 8 nitrogen and oxygen atoms in total. The van der Waals surface area contributed by atoms with Gasteiger partial charge in [0.1, 0.15) is 17.8 Å². The molecule has 0 unspecified atom stereocenters. The molecule has 3 heterocycles. The number of rotatable bonds is 5. The molecule has 0 spiro atoms. The Balaban J connectivity index is 1.46. The van der Waals surface area contributed by atoms with Crippen molar-refractivity contribution in [1.29, 1.82) is 0 Å². The Morgan fingerprint density at radius 3 is 2.92 bits per heavy atom. The van der Waals surface area contributed by atoms with Crippen molar-refractivity contribution in [3.8, 4) is 11.5 Å². The number of amides is 1. The van der Waals surface area contributed by atoms with E-state index in [1.165, 1.54) is 11.0 Å². The first-order chi connectivity index (χ1) is 12.2. The summed E-state index contributed by atoms with van der Waals surface area (Å²) >= 11 is 0. The van der Waals surface area contributed by atoms with Gasteiger partial charge in [-0.2, -0.15) is 15.0 Å². The van der Waals surface area contributed by atoms with Crippen LogP contribution < -0.4 is 5.32 Å². The highest BCUT2D eigenvalue weighted by molar-refractivity contribution is 5.89. The molecular formula is C17H16N6O2. The van der Waals surface area contributed by atoms with Gasteiger partial charge in [-0.1, -0.05) is 18.2 Å². The third kappa shape index (κ3) is 3.14. The second kappa shape index (κ2) is 6.23. The fourth-order valence-corrected chi connectivity index (χ4v) is 2.53. The number of aryl methyl sites for hydroxylation is 1. The number of hydrogen-bond acceptors (Lipinski definition) is 5. The van der Waals surface area contributed by atoms with Crippen LogP contribution in [0.2, 0.25) is 0 Å². The van der Waals surface area contributed by atoms with Crippen molar-refractivity contribution in [3.63, 3.8) is 0 Å². The summed E-state index contributed by atoms with van der Waals surface area (Å²) in [4.78, 5) is 13.6. The molecule has 0 saturated carbocycles. The van der Waals surface area contributed by atoms with Gasteiger partial charge in [-0.3, -0.25) is 9.48 Å². The fourth-order valence-electron chi connectivity index (χ4n) is 2.53. The Bertz CT molecular complexity index is 996. The number of hydrogen-bond donors (Lipinski definition) is 1. The highest BCUT2D eigenvalue weighted by Crippen LogP contribution is 2.26. The Kier molecular flexibility index (Phi) is 3.77. The van der Waals surface area contributed by atoms with Gasteiger partial charge in [-0.25, -0.2) is 0 Å². The minimum Gasteiger partial charge on any atom is -0.454 e. The van der Waals surface area contributed by atoms with E-state index in [4.69, 9.17) is 4.42 Å². The number of furan rings is 1. The summed E-state index contributed by atoms with van der Waals surface area (Å²) in [7, 11) is 0. The van der Waals surface area contributed by atoms with E-state index in [2.05, 4.69) is 20.6 Å². The third-order valence-electron chi connectivity index (χ3n) is 3.71. The van der Waals surface area contributed by atoms with Crippen LogP contribution in [-0.2, 0) is 17.9 Å². The molecule has 0 aliphatic carbocycles. The fraction of sp³-hybridized carbons (Fsp3) is 0.176. The maximum atomic E-state index is 12.1. The molecule has 0 aliphatic rings. The van der Waals surface area contributed by atoms with Crippen molar-refractivity contribution in [2.75, 3.05) is 5.32 Å². The molecule has 1 aromatic carbocycles. The van der Waals surface area contributed by atoms with E-state index in [0.717, 1.165) is 11.0 Å². The van der Waals surface area contributed by atoms with Crippen LogP contribution in [0.1, 0.15) is 6.92 Å². The molecule has 0 atom stereocenters. The van der Waals surface area contributed by atoms with Gasteiger partial charge in [0.25, 0.3) is 0 Å². The van der Waals surface area contributed by atoms with Crippen LogP contribution in [0.5, 0.6) is 0 Å². The second-order valence-corrected chi connectivity index (χ2v) is 5.51. The lowest BCUT2D eigenvalue weighted by atomic mass is 10.2. The average Bonchev–Trinajstić information content (AvgIpc) is 3.33. The summed E-state index contributed by atoms with van der Waals surface area (Å²) in [5.74, 6) is 0.880. The normalized spacial score (nSPS) is 11.1. The van der Waals surface area contributed by atoms with E-state index in [1.54, 1.807) is 10.9 Å². The summed E-state index contributed by atoms with van der Waals surface area (Å²) in [6.45, 7) is 2.66. The second-order valence-electron chi connectivity index (χ2n) is 5.51. The molecule has 0 fully saturated rings. The Morgan fingerprint density at radius 1 is 1.24 bits per heavy atom. The van der Waals surface area contributed by atoms with Crippen LogP contribution in [0.15, 0.2) is 53.2 Å². The maximum Gasteiger partial charge on any atom is 0.247 e. The zero-order valence-electron chi connectivity index (χ0n) is 13.6. The summed E-state index contributed by atoms with van der Waals surface area (Å²) in [6, 6.07) is 11.5. The molecule has 8 heteroatoms. The summed E-state index contributed by atoms with van der Waals surface area (Å²) in [5, 5.41) is 16.2. The minimum absolute atomic E-state index is 0.0826. The van der Waals surface area contributed by atoms with E-state index >= 15 is 0 Å². The van der Waals surface area contributed by atoms with Gasteiger partial charge in [-0.05, 0) is 25.1 Å². The van der Waals surface area contributed by atoms with Gasteiger partial charge in [0, 0.05) is 11.6 Å². The van der Waals surface area contributed by atoms with Crippen molar-refractivity contribution in [2.45, 2.75) is 20.0 Å². The molecule has 25 heavy (non-hydrogen) atoms. The first-order valence-electron chi connectivity index (χ1n) is 7.93. The number of nitrogens with zero attached hydrogens (tertiary/aromatic N) is 5. The molecule has 3 aromatic heterocycles. The molecule has 1 amide bonds. The monoisotopic (exact) mass is 336 g/mol. The van der Waals surface area contributed by atoms with E-state index in [9.17, 15) is 4.79 Å². The molecule has 4 rings (SSSR count). The van der Waals surface area contributed by atoms with Crippen LogP contribution >= 0.6 is 0 Å². The summed E-state index contributed by atoms with van der Waals surface area (Å²) in [5.41, 5.74) is 1.49. The highest BCUT2D eigenvalue weighted by Gasteiger charge is 2.11. The molecule has 1 N–H and O–H groups in total. The smallest absolute Gasteiger partial charge is 0.247 e. The van der Waals surface area contributed by atoms with Gasteiger partial charge in [0.2, 0.25) is 5.91 Å². The SMILES string of the molecule is CCn1ncc(NC(=O)Cn2ccc(-c3cc4ccccc4o3)n2)n1. The van der Waals surface area contributed by atoms with Crippen molar-refractivity contribution in [1.82, 2.24) is 24.8 Å². The van der Waals surface area contributed by atoms with E-state index in [-0.39, 0.29) is 12.5 Å². The first-order valence-corrected chi connectivity index (χ1v) is 7.93. The average molecular weight is 336 g/mol. The molecular weight excluding hydrogens is 320 g/mol. The topological polar surface area (TPSA) is 90.8 Å². The number of para-hydroxylation sites is 1. The lowest BCUT2D eigenvalue weighted by molar-refractivity contribution is -0.116. The molecule has 0 saturated heterocycles. The van der Waals surface area contributed by atoms with E-state index < -0.39 is 0 Å². The summed E-state index contributed by atoms with van der Waals surface area (Å²) in [6.07, 6.45) is 3.26. The van der Waals surface area contributed by atoms with Gasteiger partial charge < -0.3 is 9.73 Å². The zero-order chi connectivity index (χ0) is 17.2. The Labute approximate surface area is 143 Å². The predicted molar refractivity (Wildman–Crippen MR) is 91.8 cm³/mol. The maximum absolute atomic E-state index is 12.1. The van der Waals surface area contributed by atoms with Crippen LogP contribution in [0, 0.1) is 0 Å². The van der Waals surface area contributed by atoms with Gasteiger partial charge in [0.15, 0.2) is 11.6 Å². The van der Waals surface area contributed by atoms with Crippen molar-refractivity contribution in [2.24, 2.45) is 0 Å². The van der Waals surface area contributed by atoms with Crippen molar-refractivity contribution in [3.05, 3.63) is 48.8 Å². The van der Waals surface area contributed by atoms with Crippen molar-refractivity contribution >= 4 is 22.7 Å². The largest absolute Gasteiger partial charge is 0.454 e. The lowest BCUT2D eigenvalue weighted by Crippen LogP contribution is -2.19. The standard InChI is InChI=1S/C17H16N6O2/c1-2-23-18-10-16(21-23)19-17(24)11-22-8-7-13(20-22)15-9-12-5-3-4-6-14(12)25-15/h3-10H,2,11H2,1H3,(H,19,21,24). The Hall–Kier alpha value is -3.42. The lowest BCUT2D eigenvalue weighted by Gasteiger charge is -2.01. The number of aromatic nitrogens is 5. The van der Waals surface area contributed by atoms with Crippen LogP contribution in [0.4, 0.5) is 5.82 Å². The van der Waals surface area contributed by atoms with Crippen LogP contribution in [0.25, 0.3) is 22.4 Å². The number of benzene rings is 1. The third-order valence-corrected chi connectivity index (χ3v) is 3.71. The van der Waals surface area contributed by atoms with E-state index in [0.29, 0.717) is 23.8 Å². The first kappa shape index (κ1) is 15.1. The molecule has 0 radical (unpaired) electrons. The highest BCUT2D eigenvalue weighted by atomic mass is 16.3. The zero-order valence-corrected chi connectivity index (χ0v) is 13.6. The van der Waals surface area contributed by atoms with Gasteiger partial charge in [-0.15, -0.1) is 5.10 Å². The van der Waals surface area contributed by atoms with Crippen LogP contribution in [-0.4, -0.2) is 30.7 Å². The minimum atomic E-state index is -0.220. The summed E-state index contributed by atoms with van der Waals surface area (Å²) < 4.78 is 7.34. The van der Waals surface area contributed by atoms with Gasteiger partial charge >= 0.3 is 0 Å². The van der Waals surface area contributed by atoms with Crippen molar-refractivity contribution < 1.29 is 9.21 Å². The molecule has 126 valence electrons. The van der Waals surface area contributed by atoms with Gasteiger partial charge in [0.05, 0.1) is 12.7 Å².